The standard InChI is InChI=1S/C16H31N3O2/c1-14(2)13-16(21)19-11-9-18(10-12-19)15(20)7-5-3-4-6-8-17/h14H,3-13,17H2,1-2H3. The molecule has 21 heavy (non-hydrogen) atoms. The Hall–Kier alpha value is -1.10. The van der Waals surface area contributed by atoms with Gasteiger partial charge in [-0.1, -0.05) is 26.7 Å². The molecule has 0 aliphatic carbocycles. The van der Waals surface area contributed by atoms with Crippen LogP contribution in [0, 0.1) is 5.92 Å². The summed E-state index contributed by atoms with van der Waals surface area (Å²) in [6, 6.07) is 0. The average Bonchev–Trinajstić information content (AvgIpc) is 2.46. The molecule has 0 aromatic carbocycles. The predicted octanol–water partition coefficient (Wildman–Crippen LogP) is 1.61. The topological polar surface area (TPSA) is 66.6 Å². The van der Waals surface area contributed by atoms with Crippen LogP contribution in [0.1, 0.15) is 52.4 Å². The molecule has 122 valence electrons. The highest BCUT2D eigenvalue weighted by molar-refractivity contribution is 5.78. The Balaban J connectivity index is 2.19. The van der Waals surface area contributed by atoms with E-state index in [9.17, 15) is 9.59 Å². The monoisotopic (exact) mass is 297 g/mol. The molecular formula is C16H31N3O2. The Morgan fingerprint density at radius 3 is 1.95 bits per heavy atom. The minimum atomic E-state index is 0.221. The molecule has 1 fully saturated rings. The molecule has 1 aliphatic heterocycles. The fourth-order valence-corrected chi connectivity index (χ4v) is 2.62. The summed E-state index contributed by atoms with van der Waals surface area (Å²) in [4.78, 5) is 27.9. The van der Waals surface area contributed by atoms with E-state index in [0.29, 0.717) is 44.9 Å². The number of carbonyl (C=O) groups excluding carboxylic acids is 2. The summed E-state index contributed by atoms with van der Waals surface area (Å²) in [6.07, 6.45) is 5.42. The lowest BCUT2D eigenvalue weighted by atomic mass is 10.1. The number of nitrogens with two attached hydrogens (primary N) is 1. The lowest BCUT2D eigenvalue weighted by Crippen LogP contribution is -2.50. The lowest BCUT2D eigenvalue weighted by molar-refractivity contribution is -0.140. The summed E-state index contributed by atoms with van der Waals surface area (Å²) >= 11 is 0. The van der Waals surface area contributed by atoms with Gasteiger partial charge in [0.25, 0.3) is 0 Å². The fourth-order valence-electron chi connectivity index (χ4n) is 2.62. The van der Waals surface area contributed by atoms with E-state index in [4.69, 9.17) is 5.73 Å². The van der Waals surface area contributed by atoms with E-state index >= 15 is 0 Å². The van der Waals surface area contributed by atoms with Crippen LogP contribution in [0.2, 0.25) is 0 Å². The first-order valence-corrected chi connectivity index (χ1v) is 8.30. The van der Waals surface area contributed by atoms with Crippen LogP contribution >= 0.6 is 0 Å². The highest BCUT2D eigenvalue weighted by Crippen LogP contribution is 2.11. The lowest BCUT2D eigenvalue weighted by Gasteiger charge is -2.35. The van der Waals surface area contributed by atoms with Gasteiger partial charge < -0.3 is 15.5 Å². The van der Waals surface area contributed by atoms with Crippen molar-refractivity contribution in [2.45, 2.75) is 52.4 Å². The van der Waals surface area contributed by atoms with Crippen molar-refractivity contribution in [2.75, 3.05) is 32.7 Å². The number of amides is 2. The van der Waals surface area contributed by atoms with Gasteiger partial charge in [-0.2, -0.15) is 0 Å². The smallest absolute Gasteiger partial charge is 0.222 e. The molecule has 1 heterocycles. The SMILES string of the molecule is CC(C)CC(=O)N1CCN(C(=O)CCCCCCN)CC1. The van der Waals surface area contributed by atoms with E-state index in [2.05, 4.69) is 13.8 Å². The second kappa shape index (κ2) is 9.77. The van der Waals surface area contributed by atoms with E-state index < -0.39 is 0 Å². The number of carbonyl (C=O) groups is 2. The molecule has 0 radical (unpaired) electrons. The molecule has 0 aromatic heterocycles. The Morgan fingerprint density at radius 1 is 0.905 bits per heavy atom. The van der Waals surface area contributed by atoms with Crippen molar-refractivity contribution in [3.8, 4) is 0 Å². The largest absolute Gasteiger partial charge is 0.339 e. The summed E-state index contributed by atoms with van der Waals surface area (Å²) in [7, 11) is 0. The molecule has 1 saturated heterocycles. The van der Waals surface area contributed by atoms with E-state index in [1.807, 2.05) is 9.80 Å². The van der Waals surface area contributed by atoms with Gasteiger partial charge in [0.2, 0.25) is 11.8 Å². The van der Waals surface area contributed by atoms with Gasteiger partial charge in [0.15, 0.2) is 0 Å². The molecule has 1 rings (SSSR count). The minimum absolute atomic E-state index is 0.221. The molecule has 2 amide bonds. The Morgan fingerprint density at radius 2 is 1.43 bits per heavy atom. The van der Waals surface area contributed by atoms with Crippen molar-refractivity contribution >= 4 is 11.8 Å². The number of rotatable bonds is 8. The normalized spacial score (nSPS) is 15.6. The molecular weight excluding hydrogens is 266 g/mol. The van der Waals surface area contributed by atoms with Crippen LogP contribution < -0.4 is 5.73 Å². The Labute approximate surface area is 128 Å². The third kappa shape index (κ3) is 6.93. The summed E-state index contributed by atoms with van der Waals surface area (Å²) in [5.74, 6) is 0.850. The van der Waals surface area contributed by atoms with Gasteiger partial charge in [-0.15, -0.1) is 0 Å². The van der Waals surface area contributed by atoms with Crippen LogP contribution in [0.3, 0.4) is 0 Å². The molecule has 5 heteroatoms. The number of hydrogen-bond donors (Lipinski definition) is 1. The van der Waals surface area contributed by atoms with Crippen molar-refractivity contribution in [3.05, 3.63) is 0 Å². The Bertz CT molecular complexity index is 323. The fraction of sp³-hybridized carbons (Fsp3) is 0.875. The molecule has 0 spiro atoms. The van der Waals surface area contributed by atoms with Crippen LogP contribution in [0.25, 0.3) is 0 Å². The predicted molar refractivity (Wildman–Crippen MR) is 84.8 cm³/mol. The van der Waals surface area contributed by atoms with E-state index in [1.165, 1.54) is 0 Å². The van der Waals surface area contributed by atoms with Crippen molar-refractivity contribution in [2.24, 2.45) is 11.7 Å². The van der Waals surface area contributed by atoms with Crippen molar-refractivity contribution < 1.29 is 9.59 Å². The van der Waals surface area contributed by atoms with Crippen molar-refractivity contribution in [3.63, 3.8) is 0 Å². The number of piperazine rings is 1. The van der Waals surface area contributed by atoms with Gasteiger partial charge in [-0.3, -0.25) is 9.59 Å². The molecule has 0 atom stereocenters. The highest BCUT2D eigenvalue weighted by Gasteiger charge is 2.23. The minimum Gasteiger partial charge on any atom is -0.339 e. The maximum atomic E-state index is 12.1. The van der Waals surface area contributed by atoms with Gasteiger partial charge in [0.1, 0.15) is 0 Å². The number of unbranched alkanes of at least 4 members (excludes halogenated alkanes) is 3. The van der Waals surface area contributed by atoms with Gasteiger partial charge in [0.05, 0.1) is 0 Å². The zero-order valence-electron chi connectivity index (χ0n) is 13.6. The van der Waals surface area contributed by atoms with Gasteiger partial charge in [0, 0.05) is 39.0 Å². The quantitative estimate of drug-likeness (QED) is 0.692. The summed E-state index contributed by atoms with van der Waals surface area (Å²) < 4.78 is 0. The molecule has 1 aliphatic rings. The molecule has 0 unspecified atom stereocenters. The maximum absolute atomic E-state index is 12.1. The van der Waals surface area contributed by atoms with Gasteiger partial charge in [-0.05, 0) is 25.3 Å². The third-order valence-electron chi connectivity index (χ3n) is 3.91. The number of hydrogen-bond acceptors (Lipinski definition) is 3. The highest BCUT2D eigenvalue weighted by atomic mass is 16.2. The van der Waals surface area contributed by atoms with E-state index in [0.717, 1.165) is 32.2 Å². The first-order chi connectivity index (χ1) is 10.0. The summed E-state index contributed by atoms with van der Waals surface area (Å²) in [5, 5.41) is 0. The van der Waals surface area contributed by atoms with Crippen molar-refractivity contribution in [1.29, 1.82) is 0 Å². The van der Waals surface area contributed by atoms with Crippen LogP contribution in [-0.2, 0) is 9.59 Å². The zero-order valence-corrected chi connectivity index (χ0v) is 13.6. The first-order valence-electron chi connectivity index (χ1n) is 8.30. The average molecular weight is 297 g/mol. The summed E-state index contributed by atoms with van der Waals surface area (Å²) in [6.45, 7) is 7.59. The summed E-state index contributed by atoms with van der Waals surface area (Å²) in [5.41, 5.74) is 5.45. The van der Waals surface area contributed by atoms with Crippen LogP contribution in [0.15, 0.2) is 0 Å². The van der Waals surface area contributed by atoms with E-state index in [-0.39, 0.29) is 11.8 Å². The third-order valence-corrected chi connectivity index (χ3v) is 3.91. The zero-order chi connectivity index (χ0) is 15.7. The van der Waals surface area contributed by atoms with Crippen LogP contribution in [0.5, 0.6) is 0 Å². The number of nitrogens with zero attached hydrogens (tertiary/aromatic N) is 2. The molecule has 0 saturated carbocycles. The first kappa shape index (κ1) is 18.0. The van der Waals surface area contributed by atoms with E-state index in [1.54, 1.807) is 0 Å². The maximum Gasteiger partial charge on any atom is 0.222 e. The second-order valence-electron chi connectivity index (χ2n) is 6.31. The van der Waals surface area contributed by atoms with Gasteiger partial charge >= 0.3 is 0 Å². The second-order valence-corrected chi connectivity index (χ2v) is 6.31. The Kier molecular flexibility index (Phi) is 8.35. The van der Waals surface area contributed by atoms with Crippen LogP contribution in [0.4, 0.5) is 0 Å². The van der Waals surface area contributed by atoms with Crippen LogP contribution in [-0.4, -0.2) is 54.3 Å². The van der Waals surface area contributed by atoms with Crippen molar-refractivity contribution in [1.82, 2.24) is 9.80 Å². The van der Waals surface area contributed by atoms with Gasteiger partial charge in [-0.25, -0.2) is 0 Å². The molecule has 5 nitrogen and oxygen atoms in total. The molecule has 0 bridgehead atoms. The molecule has 2 N–H and O–H groups in total. The molecule has 0 aromatic rings.